The van der Waals surface area contributed by atoms with Gasteiger partial charge < -0.3 is 5.32 Å². The molecule has 0 saturated carbocycles. The highest BCUT2D eigenvalue weighted by Crippen LogP contribution is 2.25. The second-order valence-corrected chi connectivity index (χ2v) is 8.46. The van der Waals surface area contributed by atoms with Gasteiger partial charge in [0.1, 0.15) is 0 Å². The summed E-state index contributed by atoms with van der Waals surface area (Å²) >= 11 is 12.3. The average molecular weight is 419 g/mol. The first-order valence-corrected chi connectivity index (χ1v) is 10.8. The fourth-order valence-electron chi connectivity index (χ4n) is 3.70. The number of likely N-dealkylation sites (tertiary alicyclic amines) is 1. The molecule has 0 radical (unpaired) electrons. The fourth-order valence-corrected chi connectivity index (χ4v) is 4.17. The first-order chi connectivity index (χ1) is 13.5. The van der Waals surface area contributed by atoms with E-state index in [1.165, 1.54) is 5.56 Å². The van der Waals surface area contributed by atoms with Gasteiger partial charge >= 0.3 is 0 Å². The first-order valence-electron chi connectivity index (χ1n) is 10.0. The normalized spacial score (nSPS) is 16.7. The van der Waals surface area contributed by atoms with Crippen LogP contribution in [-0.2, 0) is 17.8 Å². The Morgan fingerprint density at radius 1 is 1.14 bits per heavy atom. The van der Waals surface area contributed by atoms with Gasteiger partial charge in [-0.05, 0) is 68.1 Å². The molecule has 0 bridgehead atoms. The molecule has 1 aliphatic rings. The van der Waals surface area contributed by atoms with Gasteiger partial charge in [-0.2, -0.15) is 0 Å². The molecule has 0 spiro atoms. The fraction of sp³-hybridized carbons (Fsp3) is 0.435. The summed E-state index contributed by atoms with van der Waals surface area (Å²) in [6.07, 6.45) is 2.78. The van der Waals surface area contributed by atoms with Crippen LogP contribution in [0, 0.1) is 5.92 Å². The zero-order chi connectivity index (χ0) is 20.1. The number of amides is 1. The summed E-state index contributed by atoms with van der Waals surface area (Å²) in [7, 11) is 0. The van der Waals surface area contributed by atoms with Crippen LogP contribution in [0.25, 0.3) is 0 Å². The lowest BCUT2D eigenvalue weighted by molar-refractivity contribution is -0.127. The molecule has 28 heavy (non-hydrogen) atoms. The largest absolute Gasteiger partial charge is 0.349 e. The van der Waals surface area contributed by atoms with Crippen molar-refractivity contribution in [2.45, 2.75) is 45.7 Å². The lowest BCUT2D eigenvalue weighted by atomic mass is 9.94. The van der Waals surface area contributed by atoms with E-state index < -0.39 is 0 Å². The van der Waals surface area contributed by atoms with Gasteiger partial charge in [0.15, 0.2) is 0 Å². The number of aryl methyl sites for hydroxylation is 1. The standard InChI is InChI=1S/C23H28Cl2N2O/c1-3-17-4-6-18(7-5-17)16(2)26-23(28)19-10-12-27(13-11-19)15-20-8-9-21(24)14-22(20)25/h4-9,14,16,19H,3,10-13,15H2,1-2H3,(H,26,28). The Bertz CT molecular complexity index is 799. The van der Waals surface area contributed by atoms with Crippen molar-refractivity contribution in [2.75, 3.05) is 13.1 Å². The predicted octanol–water partition coefficient (Wildman–Crippen LogP) is 5.65. The topological polar surface area (TPSA) is 32.3 Å². The van der Waals surface area contributed by atoms with Crippen LogP contribution in [-0.4, -0.2) is 23.9 Å². The molecular formula is C23H28Cl2N2O. The van der Waals surface area contributed by atoms with Gasteiger partial charge in [-0.3, -0.25) is 9.69 Å². The van der Waals surface area contributed by atoms with Gasteiger partial charge in [0.05, 0.1) is 6.04 Å². The number of carbonyl (C=O) groups excluding carboxylic acids is 1. The number of benzene rings is 2. The predicted molar refractivity (Wildman–Crippen MR) is 117 cm³/mol. The Hall–Kier alpha value is -1.55. The number of carbonyl (C=O) groups is 1. The van der Waals surface area contributed by atoms with Crippen LogP contribution in [0.15, 0.2) is 42.5 Å². The molecular weight excluding hydrogens is 391 g/mol. The molecule has 5 heteroatoms. The number of piperidine rings is 1. The molecule has 1 atom stereocenters. The van der Waals surface area contributed by atoms with Crippen molar-refractivity contribution < 1.29 is 4.79 Å². The molecule has 150 valence electrons. The zero-order valence-electron chi connectivity index (χ0n) is 16.6. The molecule has 1 N–H and O–H groups in total. The highest BCUT2D eigenvalue weighted by molar-refractivity contribution is 6.35. The van der Waals surface area contributed by atoms with Crippen molar-refractivity contribution in [3.05, 3.63) is 69.2 Å². The van der Waals surface area contributed by atoms with E-state index >= 15 is 0 Å². The molecule has 0 aliphatic carbocycles. The molecule has 0 aromatic heterocycles. The van der Waals surface area contributed by atoms with Gasteiger partial charge in [0, 0.05) is 22.5 Å². The molecule has 3 rings (SSSR count). The summed E-state index contributed by atoms with van der Waals surface area (Å²) in [5.74, 6) is 0.241. The Kier molecular flexibility index (Phi) is 7.39. The van der Waals surface area contributed by atoms with Crippen molar-refractivity contribution >= 4 is 29.1 Å². The quantitative estimate of drug-likeness (QED) is 0.657. The second kappa shape index (κ2) is 9.78. The summed E-state index contributed by atoms with van der Waals surface area (Å²) in [5, 5.41) is 4.55. The van der Waals surface area contributed by atoms with Gasteiger partial charge in [-0.25, -0.2) is 0 Å². The number of rotatable bonds is 6. The van der Waals surface area contributed by atoms with E-state index in [2.05, 4.69) is 48.3 Å². The molecule has 1 amide bonds. The average Bonchev–Trinajstić information content (AvgIpc) is 2.70. The third-order valence-electron chi connectivity index (χ3n) is 5.61. The molecule has 2 aromatic carbocycles. The summed E-state index contributed by atoms with van der Waals surface area (Å²) < 4.78 is 0. The Morgan fingerprint density at radius 2 is 1.82 bits per heavy atom. The number of hydrogen-bond acceptors (Lipinski definition) is 2. The van der Waals surface area contributed by atoms with Crippen LogP contribution < -0.4 is 5.32 Å². The molecule has 1 unspecified atom stereocenters. The smallest absolute Gasteiger partial charge is 0.223 e. The number of nitrogens with one attached hydrogen (secondary N) is 1. The zero-order valence-corrected chi connectivity index (χ0v) is 18.1. The van der Waals surface area contributed by atoms with Crippen LogP contribution in [0.2, 0.25) is 10.0 Å². The maximum absolute atomic E-state index is 12.7. The minimum atomic E-state index is 0.0318. The van der Waals surface area contributed by atoms with Crippen molar-refractivity contribution in [3.8, 4) is 0 Å². The van der Waals surface area contributed by atoms with Crippen LogP contribution in [0.1, 0.15) is 49.4 Å². The molecule has 3 nitrogen and oxygen atoms in total. The van der Waals surface area contributed by atoms with Crippen LogP contribution in [0.3, 0.4) is 0 Å². The van der Waals surface area contributed by atoms with Gasteiger partial charge in [-0.15, -0.1) is 0 Å². The Labute approximate surface area is 178 Å². The van der Waals surface area contributed by atoms with Crippen molar-refractivity contribution in [2.24, 2.45) is 5.92 Å². The van der Waals surface area contributed by atoms with Crippen LogP contribution in [0.5, 0.6) is 0 Å². The van der Waals surface area contributed by atoms with Crippen molar-refractivity contribution in [1.29, 1.82) is 0 Å². The first kappa shape index (κ1) is 21.2. The van der Waals surface area contributed by atoms with E-state index in [0.29, 0.717) is 10.0 Å². The van der Waals surface area contributed by atoms with Crippen molar-refractivity contribution in [1.82, 2.24) is 10.2 Å². The van der Waals surface area contributed by atoms with Gasteiger partial charge in [0.2, 0.25) is 5.91 Å². The third-order valence-corrected chi connectivity index (χ3v) is 6.20. The summed E-state index contributed by atoms with van der Waals surface area (Å²) in [5.41, 5.74) is 3.55. The molecule has 1 aliphatic heterocycles. The SMILES string of the molecule is CCc1ccc(C(C)NC(=O)C2CCN(Cc3ccc(Cl)cc3Cl)CC2)cc1. The van der Waals surface area contributed by atoms with E-state index in [9.17, 15) is 4.79 Å². The van der Waals surface area contributed by atoms with E-state index in [4.69, 9.17) is 23.2 Å². The highest BCUT2D eigenvalue weighted by atomic mass is 35.5. The van der Waals surface area contributed by atoms with E-state index in [0.717, 1.165) is 50.0 Å². The lowest BCUT2D eigenvalue weighted by Crippen LogP contribution is -2.40. The van der Waals surface area contributed by atoms with E-state index in [1.54, 1.807) is 6.07 Å². The minimum absolute atomic E-state index is 0.0318. The Balaban J connectivity index is 1.49. The van der Waals surface area contributed by atoms with Crippen molar-refractivity contribution in [3.63, 3.8) is 0 Å². The van der Waals surface area contributed by atoms with E-state index in [1.807, 2.05) is 12.1 Å². The third kappa shape index (κ3) is 5.50. The number of hydrogen-bond donors (Lipinski definition) is 1. The highest BCUT2D eigenvalue weighted by Gasteiger charge is 2.26. The molecule has 1 heterocycles. The summed E-state index contributed by atoms with van der Waals surface area (Å²) in [6.45, 7) is 6.79. The second-order valence-electron chi connectivity index (χ2n) is 7.61. The monoisotopic (exact) mass is 418 g/mol. The number of halogens is 2. The minimum Gasteiger partial charge on any atom is -0.349 e. The van der Waals surface area contributed by atoms with Gasteiger partial charge in [-0.1, -0.05) is 60.5 Å². The number of nitrogens with zero attached hydrogens (tertiary/aromatic N) is 1. The van der Waals surface area contributed by atoms with Crippen LogP contribution in [0.4, 0.5) is 0 Å². The summed E-state index contributed by atoms with van der Waals surface area (Å²) in [6, 6.07) is 14.2. The van der Waals surface area contributed by atoms with Crippen LogP contribution >= 0.6 is 23.2 Å². The maximum atomic E-state index is 12.7. The molecule has 2 aromatic rings. The maximum Gasteiger partial charge on any atom is 0.223 e. The van der Waals surface area contributed by atoms with E-state index in [-0.39, 0.29) is 17.9 Å². The molecule has 1 fully saturated rings. The lowest BCUT2D eigenvalue weighted by Gasteiger charge is -2.32. The summed E-state index contributed by atoms with van der Waals surface area (Å²) in [4.78, 5) is 15.0. The molecule has 1 saturated heterocycles. The van der Waals surface area contributed by atoms with Gasteiger partial charge in [0.25, 0.3) is 0 Å². The Morgan fingerprint density at radius 3 is 2.43 bits per heavy atom.